The van der Waals surface area contributed by atoms with Crippen LogP contribution in [0.4, 0.5) is 5.95 Å². The number of aromatic amines is 1. The first-order valence-corrected chi connectivity index (χ1v) is 13.7. The van der Waals surface area contributed by atoms with E-state index in [0.29, 0.717) is 28.8 Å². The second-order valence-electron chi connectivity index (χ2n) is 10.0. The summed E-state index contributed by atoms with van der Waals surface area (Å²) in [6.45, 7) is 12.0. The van der Waals surface area contributed by atoms with E-state index in [1.807, 2.05) is 27.7 Å². The second kappa shape index (κ2) is 16.6. The first-order chi connectivity index (χ1) is 16.7. The number of aromatic nitrogens is 3. The number of fused-ring (bicyclic) bond motifs is 1. The third-order valence-electron chi connectivity index (χ3n) is 6.69. The summed E-state index contributed by atoms with van der Waals surface area (Å²) in [6, 6.07) is 2.08. The number of hydrogen-bond acceptors (Lipinski definition) is 6. The molecule has 2 heterocycles. The summed E-state index contributed by atoms with van der Waals surface area (Å²) in [5, 5.41) is 22.2. The van der Waals surface area contributed by atoms with Crippen LogP contribution in [-0.2, 0) is 0 Å². The van der Waals surface area contributed by atoms with Crippen molar-refractivity contribution in [1.82, 2.24) is 15.0 Å². The van der Waals surface area contributed by atoms with Crippen LogP contribution in [0, 0.1) is 5.92 Å². The Labute approximate surface area is 212 Å². The van der Waals surface area contributed by atoms with E-state index in [4.69, 9.17) is 5.11 Å². The fraction of sp³-hybridized carbons (Fsp3) is 0.750. The van der Waals surface area contributed by atoms with Gasteiger partial charge in [0.25, 0.3) is 5.56 Å². The van der Waals surface area contributed by atoms with Crippen molar-refractivity contribution >= 4 is 16.9 Å². The molecule has 4 N–H and O–H groups in total. The van der Waals surface area contributed by atoms with E-state index in [0.717, 1.165) is 19.3 Å². The van der Waals surface area contributed by atoms with Gasteiger partial charge in [0.05, 0.1) is 22.6 Å². The van der Waals surface area contributed by atoms with Crippen LogP contribution in [0.15, 0.2) is 23.3 Å². The standard InChI is InChI=1S/C11H14N4O.C9H18O.C6H12O.C2H6/c1-3-7(2)14-11-13-6-8-9(15-11)4-5-12-10(8)16;1-9(2,10)8-6-4-3-5-7-8;7-6-4-2-1-3-5-6;1-2/h4-7H,3H2,1-2H3,(H,12,16)(H,13,14,15);8,10H,3-7H2,1-2H3;6-7H,1-5H2;1-2H3. The quantitative estimate of drug-likeness (QED) is 0.406. The van der Waals surface area contributed by atoms with E-state index < -0.39 is 5.60 Å². The number of rotatable bonds is 4. The highest BCUT2D eigenvalue weighted by atomic mass is 16.3. The Bertz CT molecular complexity index is 866. The normalized spacial score (nSPS) is 17.6. The van der Waals surface area contributed by atoms with Crippen LogP contribution in [0.2, 0.25) is 0 Å². The summed E-state index contributed by atoms with van der Waals surface area (Å²) < 4.78 is 0. The Morgan fingerprint density at radius 3 is 2.11 bits per heavy atom. The second-order valence-corrected chi connectivity index (χ2v) is 10.0. The average molecular weight is 491 g/mol. The average Bonchev–Trinajstić information content (AvgIpc) is 2.87. The molecule has 0 bridgehead atoms. The molecule has 2 aromatic heterocycles. The maximum Gasteiger partial charge on any atom is 0.258 e. The van der Waals surface area contributed by atoms with E-state index in [-0.39, 0.29) is 11.7 Å². The molecule has 0 saturated heterocycles. The van der Waals surface area contributed by atoms with Crippen molar-refractivity contribution in [3.63, 3.8) is 0 Å². The summed E-state index contributed by atoms with van der Waals surface area (Å²) in [7, 11) is 0. The molecule has 0 aliphatic heterocycles. The Kier molecular flexibility index (Phi) is 14.8. The number of nitrogens with zero attached hydrogens (tertiary/aromatic N) is 2. The molecule has 0 spiro atoms. The lowest BCUT2D eigenvalue weighted by molar-refractivity contribution is 0.000832. The van der Waals surface area contributed by atoms with Crippen LogP contribution in [0.5, 0.6) is 0 Å². The zero-order valence-electron chi connectivity index (χ0n) is 22.9. The van der Waals surface area contributed by atoms with Gasteiger partial charge in [0, 0.05) is 18.4 Å². The largest absolute Gasteiger partial charge is 0.393 e. The first kappa shape index (κ1) is 31.0. The summed E-state index contributed by atoms with van der Waals surface area (Å²) in [6.07, 6.45) is 16.5. The van der Waals surface area contributed by atoms with Gasteiger partial charge < -0.3 is 20.5 Å². The Hall–Kier alpha value is -1.99. The van der Waals surface area contributed by atoms with Crippen LogP contribution < -0.4 is 10.9 Å². The van der Waals surface area contributed by atoms with E-state index in [1.54, 1.807) is 18.5 Å². The Morgan fingerprint density at radius 2 is 1.66 bits per heavy atom. The van der Waals surface area contributed by atoms with Crippen molar-refractivity contribution in [2.75, 3.05) is 5.32 Å². The molecular formula is C28H50N4O3. The minimum atomic E-state index is -0.430. The molecular weight excluding hydrogens is 440 g/mol. The molecule has 0 amide bonds. The fourth-order valence-electron chi connectivity index (χ4n) is 4.25. The van der Waals surface area contributed by atoms with Crippen LogP contribution in [-0.4, -0.2) is 42.9 Å². The number of anilines is 1. The molecule has 7 nitrogen and oxygen atoms in total. The predicted molar refractivity (Wildman–Crippen MR) is 147 cm³/mol. The summed E-state index contributed by atoms with van der Waals surface area (Å²) >= 11 is 0. The lowest BCUT2D eigenvalue weighted by Gasteiger charge is -2.32. The SMILES string of the molecule is CC.CC(C)(O)C1CCCCC1.CCC(C)Nc1ncc2c(=O)[nH]ccc2n1.OC1CCCCC1. The van der Waals surface area contributed by atoms with Crippen LogP contribution >= 0.6 is 0 Å². The highest BCUT2D eigenvalue weighted by molar-refractivity contribution is 5.77. The predicted octanol–water partition coefficient (Wildman–Crippen LogP) is 6.20. The van der Waals surface area contributed by atoms with Gasteiger partial charge in [-0.05, 0) is 64.9 Å². The van der Waals surface area contributed by atoms with Crippen molar-refractivity contribution in [2.24, 2.45) is 5.92 Å². The van der Waals surface area contributed by atoms with Gasteiger partial charge in [-0.1, -0.05) is 59.3 Å². The third kappa shape index (κ3) is 12.0. The number of nitrogens with one attached hydrogen (secondary N) is 2. The molecule has 2 aliphatic carbocycles. The van der Waals surface area contributed by atoms with Crippen molar-refractivity contribution in [3.05, 3.63) is 28.8 Å². The minimum Gasteiger partial charge on any atom is -0.393 e. The highest BCUT2D eigenvalue weighted by Crippen LogP contribution is 2.31. The topological polar surface area (TPSA) is 111 Å². The zero-order valence-corrected chi connectivity index (χ0v) is 22.9. The zero-order chi connectivity index (χ0) is 26.3. The van der Waals surface area contributed by atoms with E-state index in [1.165, 1.54) is 51.4 Å². The molecule has 1 atom stereocenters. The van der Waals surface area contributed by atoms with Crippen LogP contribution in [0.1, 0.15) is 112 Å². The number of pyridine rings is 1. The molecule has 200 valence electrons. The molecule has 35 heavy (non-hydrogen) atoms. The third-order valence-corrected chi connectivity index (χ3v) is 6.69. The number of aliphatic hydroxyl groups is 2. The van der Waals surface area contributed by atoms with Crippen molar-refractivity contribution in [2.45, 2.75) is 130 Å². The van der Waals surface area contributed by atoms with Crippen LogP contribution in [0.3, 0.4) is 0 Å². The summed E-state index contributed by atoms with van der Waals surface area (Å²) in [5.41, 5.74) is 0.0672. The van der Waals surface area contributed by atoms with E-state index in [2.05, 4.69) is 34.1 Å². The minimum absolute atomic E-state index is 0.0359. The first-order valence-electron chi connectivity index (χ1n) is 13.7. The number of aliphatic hydroxyl groups excluding tert-OH is 1. The van der Waals surface area contributed by atoms with Gasteiger partial charge >= 0.3 is 0 Å². The van der Waals surface area contributed by atoms with Gasteiger partial charge in [-0.2, -0.15) is 0 Å². The maximum atomic E-state index is 11.4. The maximum absolute atomic E-state index is 11.4. The van der Waals surface area contributed by atoms with Gasteiger partial charge in [0.2, 0.25) is 5.95 Å². The molecule has 7 heteroatoms. The van der Waals surface area contributed by atoms with Crippen molar-refractivity contribution in [3.8, 4) is 0 Å². The molecule has 2 aliphatic rings. The molecule has 2 fully saturated rings. The Morgan fingerprint density at radius 1 is 1.09 bits per heavy atom. The molecule has 0 aromatic carbocycles. The molecule has 1 unspecified atom stereocenters. The summed E-state index contributed by atoms with van der Waals surface area (Å²) in [4.78, 5) is 22.4. The van der Waals surface area contributed by atoms with Gasteiger partial charge in [-0.3, -0.25) is 4.79 Å². The highest BCUT2D eigenvalue weighted by Gasteiger charge is 2.27. The van der Waals surface area contributed by atoms with Gasteiger partial charge in [0.15, 0.2) is 0 Å². The number of hydrogen-bond donors (Lipinski definition) is 4. The van der Waals surface area contributed by atoms with Crippen molar-refractivity contribution < 1.29 is 10.2 Å². The smallest absolute Gasteiger partial charge is 0.258 e. The molecule has 4 rings (SSSR count). The van der Waals surface area contributed by atoms with E-state index >= 15 is 0 Å². The monoisotopic (exact) mass is 490 g/mol. The van der Waals surface area contributed by atoms with Gasteiger partial charge in [-0.25, -0.2) is 9.97 Å². The fourth-order valence-corrected chi connectivity index (χ4v) is 4.25. The van der Waals surface area contributed by atoms with Gasteiger partial charge in [0.1, 0.15) is 0 Å². The van der Waals surface area contributed by atoms with E-state index in [9.17, 15) is 9.90 Å². The number of H-pyrrole nitrogens is 1. The molecule has 2 saturated carbocycles. The molecule has 2 aromatic rings. The van der Waals surface area contributed by atoms with Gasteiger partial charge in [-0.15, -0.1) is 0 Å². The lowest BCUT2D eigenvalue weighted by Crippen LogP contribution is -2.32. The lowest BCUT2D eigenvalue weighted by atomic mass is 9.79. The summed E-state index contributed by atoms with van der Waals surface area (Å²) in [5.74, 6) is 1.12. The Balaban J connectivity index is 0.000000276. The van der Waals surface area contributed by atoms with Crippen LogP contribution in [0.25, 0.3) is 10.9 Å². The van der Waals surface area contributed by atoms with Crippen molar-refractivity contribution in [1.29, 1.82) is 0 Å². The molecule has 0 radical (unpaired) electrons.